The normalized spacial score (nSPS) is 20.2. The summed E-state index contributed by atoms with van der Waals surface area (Å²) in [7, 11) is 0. The van der Waals surface area contributed by atoms with Crippen LogP contribution in [0.2, 0.25) is 0 Å². The second-order valence-corrected chi connectivity index (χ2v) is 8.88. The lowest BCUT2D eigenvalue weighted by molar-refractivity contribution is -0.150. The number of aromatic nitrogens is 1. The predicted octanol–water partition coefficient (Wildman–Crippen LogP) is 0.860. The Morgan fingerprint density at radius 1 is 1.42 bits per heavy atom. The Bertz CT molecular complexity index is 1200. The molecule has 0 radical (unpaired) electrons. The summed E-state index contributed by atoms with van der Waals surface area (Å²) in [6.07, 6.45) is 0. The van der Waals surface area contributed by atoms with Crippen molar-refractivity contribution in [3.63, 3.8) is 0 Å². The summed E-state index contributed by atoms with van der Waals surface area (Å²) < 4.78 is 18.8. The summed E-state index contributed by atoms with van der Waals surface area (Å²) in [4.78, 5) is 42.1. The first kappa shape index (κ1) is 22.5. The van der Waals surface area contributed by atoms with Crippen LogP contribution in [-0.2, 0) is 14.4 Å². The van der Waals surface area contributed by atoms with Crippen molar-refractivity contribution in [3.05, 3.63) is 52.4 Å². The molecule has 0 aliphatic carbocycles. The third-order valence-corrected chi connectivity index (χ3v) is 6.84. The molecule has 1 aromatic heterocycles. The minimum atomic E-state index is -1.33. The lowest BCUT2D eigenvalue weighted by Crippen LogP contribution is -2.71. The van der Waals surface area contributed by atoms with Gasteiger partial charge in [0.05, 0.1) is 0 Å². The topological polar surface area (TPSA) is 167 Å². The largest absolute Gasteiger partial charge is 0.489 e. The molecule has 3 heterocycles. The number of oxime groups is 1. The number of carbonyl (C=O) groups is 3. The minimum absolute atomic E-state index is 0.0420. The van der Waals surface area contributed by atoms with Gasteiger partial charge in [0.25, 0.3) is 11.8 Å². The van der Waals surface area contributed by atoms with E-state index in [0.717, 1.165) is 22.3 Å². The van der Waals surface area contributed by atoms with Gasteiger partial charge in [-0.05, 0) is 12.1 Å². The molecule has 0 bridgehead atoms. The highest BCUT2D eigenvalue weighted by atomic mass is 32.2. The summed E-state index contributed by atoms with van der Waals surface area (Å²) >= 11 is 2.27. The first-order valence-electron chi connectivity index (χ1n) is 9.32. The van der Waals surface area contributed by atoms with Crippen LogP contribution in [0.25, 0.3) is 0 Å². The van der Waals surface area contributed by atoms with Crippen molar-refractivity contribution < 1.29 is 33.8 Å². The number of nitrogen functional groups attached to an aromatic ring is 1. The molecule has 2 amide bonds. The number of thioether (sulfide) groups is 1. The number of anilines is 1. The van der Waals surface area contributed by atoms with Gasteiger partial charge in [-0.3, -0.25) is 14.5 Å². The highest BCUT2D eigenvalue weighted by Gasteiger charge is 2.54. The number of carboxylic acid groups (broad SMARTS) is 1. The fourth-order valence-electron chi connectivity index (χ4n) is 3.34. The van der Waals surface area contributed by atoms with Crippen LogP contribution in [-0.4, -0.2) is 67.5 Å². The number of carboxylic acids is 1. The van der Waals surface area contributed by atoms with Crippen LogP contribution in [0.5, 0.6) is 5.75 Å². The van der Waals surface area contributed by atoms with E-state index in [9.17, 15) is 29.1 Å². The summed E-state index contributed by atoms with van der Waals surface area (Å²) in [5, 5.41) is 25.2. The fraction of sp³-hybridized carbons (Fsp3) is 0.211. The van der Waals surface area contributed by atoms with Gasteiger partial charge in [-0.25, -0.2) is 14.2 Å². The maximum Gasteiger partial charge on any atom is 0.352 e. The van der Waals surface area contributed by atoms with E-state index in [0.29, 0.717) is 5.57 Å². The SMILES string of the molecule is Nc1nc(C(=NO)C(=O)NC2C(=O)N3C(C(=O)O)=C(COc4cccc(F)c4)CS[C@@H]23)cs1. The maximum atomic E-state index is 13.3. The molecular formula is C19H16FN5O6S2. The van der Waals surface area contributed by atoms with E-state index in [-0.39, 0.29) is 34.6 Å². The molecule has 2 atom stereocenters. The van der Waals surface area contributed by atoms with Crippen LogP contribution in [0.4, 0.5) is 9.52 Å². The Kier molecular flexibility index (Phi) is 6.20. The number of amides is 2. The number of halogens is 1. The van der Waals surface area contributed by atoms with Gasteiger partial charge in [-0.15, -0.1) is 23.1 Å². The van der Waals surface area contributed by atoms with Crippen molar-refractivity contribution in [2.24, 2.45) is 5.16 Å². The number of benzene rings is 1. The molecule has 5 N–H and O–H groups in total. The Labute approximate surface area is 193 Å². The average molecular weight is 493 g/mol. The van der Waals surface area contributed by atoms with Gasteiger partial charge in [0, 0.05) is 22.8 Å². The Morgan fingerprint density at radius 3 is 2.85 bits per heavy atom. The maximum absolute atomic E-state index is 13.3. The predicted molar refractivity (Wildman–Crippen MR) is 116 cm³/mol. The number of ether oxygens (including phenoxy) is 1. The number of thiazole rings is 1. The molecule has 2 aromatic rings. The monoisotopic (exact) mass is 493 g/mol. The molecule has 0 spiro atoms. The van der Waals surface area contributed by atoms with Crippen molar-refractivity contribution in [1.82, 2.24) is 15.2 Å². The van der Waals surface area contributed by atoms with Crippen molar-refractivity contribution in [2.75, 3.05) is 18.1 Å². The smallest absolute Gasteiger partial charge is 0.352 e. The molecule has 2 aliphatic heterocycles. The zero-order valence-electron chi connectivity index (χ0n) is 16.6. The van der Waals surface area contributed by atoms with Gasteiger partial charge >= 0.3 is 5.97 Å². The summed E-state index contributed by atoms with van der Waals surface area (Å²) in [5.74, 6) is -2.90. The molecule has 33 heavy (non-hydrogen) atoms. The van der Waals surface area contributed by atoms with Crippen LogP contribution >= 0.6 is 23.1 Å². The van der Waals surface area contributed by atoms with Gasteiger partial charge in [0.15, 0.2) is 10.8 Å². The van der Waals surface area contributed by atoms with E-state index in [1.165, 1.54) is 35.3 Å². The van der Waals surface area contributed by atoms with Crippen LogP contribution < -0.4 is 15.8 Å². The number of aliphatic carboxylic acids is 1. The number of β-lactam (4-membered cyclic amide) rings is 1. The van der Waals surface area contributed by atoms with Crippen molar-refractivity contribution >= 4 is 51.7 Å². The van der Waals surface area contributed by atoms with E-state index >= 15 is 0 Å². The van der Waals surface area contributed by atoms with Crippen molar-refractivity contribution in [1.29, 1.82) is 0 Å². The summed E-state index contributed by atoms with van der Waals surface area (Å²) in [6.45, 7) is -0.155. The first-order valence-corrected chi connectivity index (χ1v) is 11.3. The van der Waals surface area contributed by atoms with E-state index in [1.54, 1.807) is 0 Å². The number of carbonyl (C=O) groups excluding carboxylic acids is 2. The van der Waals surface area contributed by atoms with E-state index in [1.807, 2.05) is 0 Å². The summed E-state index contributed by atoms with van der Waals surface area (Å²) in [6, 6.07) is 4.36. The van der Waals surface area contributed by atoms with Gasteiger partial charge in [0.1, 0.15) is 41.0 Å². The molecule has 172 valence electrons. The number of hydrogen-bond donors (Lipinski definition) is 4. The van der Waals surface area contributed by atoms with E-state index in [2.05, 4.69) is 15.5 Å². The minimum Gasteiger partial charge on any atom is -0.489 e. The molecule has 1 unspecified atom stereocenters. The molecule has 1 aromatic carbocycles. The number of fused-ring (bicyclic) bond motifs is 1. The van der Waals surface area contributed by atoms with Gasteiger partial charge in [0.2, 0.25) is 0 Å². The Hall–Kier alpha value is -3.65. The van der Waals surface area contributed by atoms with Gasteiger partial charge in [-0.1, -0.05) is 11.2 Å². The molecular weight excluding hydrogens is 477 g/mol. The van der Waals surface area contributed by atoms with Crippen LogP contribution in [0, 0.1) is 5.82 Å². The fourth-order valence-corrected chi connectivity index (χ4v) is 5.22. The Morgan fingerprint density at radius 2 is 2.21 bits per heavy atom. The van der Waals surface area contributed by atoms with Crippen LogP contribution in [0.3, 0.4) is 0 Å². The number of nitrogens with one attached hydrogen (secondary N) is 1. The number of rotatable bonds is 7. The summed E-state index contributed by atoms with van der Waals surface area (Å²) in [5.41, 5.74) is 5.24. The lowest BCUT2D eigenvalue weighted by Gasteiger charge is -2.49. The highest BCUT2D eigenvalue weighted by molar-refractivity contribution is 8.00. The third-order valence-electron chi connectivity index (χ3n) is 4.83. The molecule has 14 heteroatoms. The molecule has 0 saturated carbocycles. The molecule has 4 rings (SSSR count). The third kappa shape index (κ3) is 4.34. The second-order valence-electron chi connectivity index (χ2n) is 6.88. The van der Waals surface area contributed by atoms with Gasteiger partial charge < -0.3 is 26.1 Å². The molecule has 2 aliphatic rings. The zero-order valence-corrected chi connectivity index (χ0v) is 18.2. The number of nitrogens with zero attached hydrogens (tertiary/aromatic N) is 3. The lowest BCUT2D eigenvalue weighted by atomic mass is 10.0. The van der Waals surface area contributed by atoms with Crippen molar-refractivity contribution in [3.8, 4) is 5.75 Å². The number of hydrogen-bond acceptors (Lipinski definition) is 10. The Balaban J connectivity index is 1.48. The quantitative estimate of drug-likeness (QED) is 0.189. The average Bonchev–Trinajstić information content (AvgIpc) is 3.21. The zero-order chi connectivity index (χ0) is 23.7. The number of nitrogens with two attached hydrogens (primary N) is 1. The molecule has 1 saturated heterocycles. The molecule has 11 nitrogen and oxygen atoms in total. The van der Waals surface area contributed by atoms with Crippen LogP contribution in [0.15, 0.2) is 46.1 Å². The molecule has 1 fully saturated rings. The highest BCUT2D eigenvalue weighted by Crippen LogP contribution is 2.40. The van der Waals surface area contributed by atoms with Crippen molar-refractivity contribution in [2.45, 2.75) is 11.4 Å². The van der Waals surface area contributed by atoms with E-state index in [4.69, 9.17) is 10.5 Å². The standard InChI is InChI=1S/C19H16FN5O6S2/c20-9-2-1-3-10(4-9)31-5-8-6-32-17-13(16(27)25(17)14(8)18(28)29)23-15(26)12(24-30)11-7-33-19(21)22-11/h1-4,7,13,17,30H,5-6H2,(H2,21,22)(H,23,26)(H,28,29)/t13?,17-/m0/s1. The van der Waals surface area contributed by atoms with Crippen LogP contribution in [0.1, 0.15) is 5.69 Å². The van der Waals surface area contributed by atoms with Gasteiger partial charge in [-0.2, -0.15) is 0 Å². The first-order chi connectivity index (χ1) is 15.8. The second kappa shape index (κ2) is 9.07. The van der Waals surface area contributed by atoms with E-state index < -0.39 is 40.7 Å².